The van der Waals surface area contributed by atoms with Crippen molar-refractivity contribution in [2.75, 3.05) is 22.4 Å². The second-order valence-corrected chi connectivity index (χ2v) is 9.29. The third-order valence-corrected chi connectivity index (χ3v) is 6.01. The number of carbonyl (C=O) groups excluding carboxylic acids is 1. The van der Waals surface area contributed by atoms with Crippen molar-refractivity contribution in [2.24, 2.45) is 0 Å². The summed E-state index contributed by atoms with van der Waals surface area (Å²) in [5.41, 5.74) is 3.16. The van der Waals surface area contributed by atoms with E-state index in [0.29, 0.717) is 17.3 Å². The quantitative estimate of drug-likeness (QED) is 0.731. The molecule has 0 saturated heterocycles. The van der Waals surface area contributed by atoms with E-state index in [1.54, 1.807) is 18.2 Å². The predicted molar refractivity (Wildman–Crippen MR) is 110 cm³/mol. The van der Waals surface area contributed by atoms with Crippen molar-refractivity contribution in [3.05, 3.63) is 58.1 Å². The summed E-state index contributed by atoms with van der Waals surface area (Å²) >= 11 is 3.39. The highest BCUT2D eigenvalue weighted by molar-refractivity contribution is 9.10. The molecular formula is C19H23BrN2O3S. The largest absolute Gasteiger partial charge is 0.325 e. The smallest absolute Gasteiger partial charge is 0.245 e. The van der Waals surface area contributed by atoms with Crippen molar-refractivity contribution < 1.29 is 13.2 Å². The number of hydrogen-bond donors (Lipinski definition) is 1. The molecule has 0 unspecified atom stereocenters. The Morgan fingerprint density at radius 1 is 1.15 bits per heavy atom. The molecule has 1 N–H and O–H groups in total. The van der Waals surface area contributed by atoms with Crippen molar-refractivity contribution >= 4 is 43.2 Å². The van der Waals surface area contributed by atoms with Crippen LogP contribution in [0.25, 0.3) is 0 Å². The maximum absolute atomic E-state index is 12.4. The minimum atomic E-state index is -3.60. The average molecular weight is 439 g/mol. The molecule has 7 heteroatoms. The molecule has 0 aromatic heterocycles. The van der Waals surface area contributed by atoms with Gasteiger partial charge in [-0.25, -0.2) is 8.42 Å². The molecule has 140 valence electrons. The molecule has 0 aliphatic rings. The van der Waals surface area contributed by atoms with E-state index in [1.807, 2.05) is 31.2 Å². The molecular weight excluding hydrogens is 416 g/mol. The fourth-order valence-corrected chi connectivity index (χ4v) is 3.56. The monoisotopic (exact) mass is 438 g/mol. The van der Waals surface area contributed by atoms with Crippen LogP contribution >= 0.6 is 15.9 Å². The van der Waals surface area contributed by atoms with Crippen LogP contribution in [0.3, 0.4) is 0 Å². The fourth-order valence-electron chi connectivity index (χ4n) is 2.47. The van der Waals surface area contributed by atoms with Crippen LogP contribution < -0.4 is 9.62 Å². The highest BCUT2D eigenvalue weighted by atomic mass is 79.9. The van der Waals surface area contributed by atoms with E-state index in [9.17, 15) is 13.2 Å². The van der Waals surface area contributed by atoms with E-state index < -0.39 is 15.9 Å². The number of carbonyl (C=O) groups is 1. The first-order valence-electron chi connectivity index (χ1n) is 8.21. The Morgan fingerprint density at radius 3 is 2.27 bits per heavy atom. The maximum Gasteiger partial charge on any atom is 0.245 e. The second kappa shape index (κ2) is 8.22. The van der Waals surface area contributed by atoms with Gasteiger partial charge in [-0.2, -0.15) is 0 Å². The Hall–Kier alpha value is -1.86. The third kappa shape index (κ3) is 5.32. The first kappa shape index (κ1) is 20.5. The van der Waals surface area contributed by atoms with E-state index in [0.717, 1.165) is 20.6 Å². The molecule has 0 heterocycles. The van der Waals surface area contributed by atoms with Gasteiger partial charge in [0, 0.05) is 10.2 Å². The van der Waals surface area contributed by atoms with Crippen LogP contribution in [0.1, 0.15) is 30.9 Å². The first-order valence-corrected chi connectivity index (χ1v) is 10.9. The van der Waals surface area contributed by atoms with Crippen molar-refractivity contribution in [1.82, 2.24) is 0 Å². The van der Waals surface area contributed by atoms with Gasteiger partial charge in [0.05, 0.1) is 11.9 Å². The van der Waals surface area contributed by atoms with Crippen LogP contribution in [0, 0.1) is 6.92 Å². The highest BCUT2D eigenvalue weighted by Gasteiger charge is 2.21. The fraction of sp³-hybridized carbons (Fsp3) is 0.316. The van der Waals surface area contributed by atoms with E-state index in [1.165, 1.54) is 5.56 Å². The third-order valence-electron chi connectivity index (χ3n) is 3.98. The lowest BCUT2D eigenvalue weighted by molar-refractivity contribution is -0.114. The lowest BCUT2D eigenvalue weighted by Gasteiger charge is -2.22. The number of aryl methyl sites for hydroxylation is 1. The van der Waals surface area contributed by atoms with Gasteiger partial charge in [0.1, 0.15) is 6.54 Å². The number of nitrogens with one attached hydrogen (secondary N) is 1. The summed E-state index contributed by atoms with van der Waals surface area (Å²) in [5, 5.41) is 2.75. The first-order chi connectivity index (χ1) is 12.1. The van der Waals surface area contributed by atoms with Crippen molar-refractivity contribution in [3.8, 4) is 0 Å². The predicted octanol–water partition coefficient (Wildman–Crippen LogP) is 4.29. The van der Waals surface area contributed by atoms with Crippen LogP contribution in [0.5, 0.6) is 0 Å². The average Bonchev–Trinajstić information content (AvgIpc) is 2.55. The molecule has 2 aromatic carbocycles. The van der Waals surface area contributed by atoms with Crippen LogP contribution in [0.15, 0.2) is 46.9 Å². The van der Waals surface area contributed by atoms with Crippen LogP contribution in [-0.4, -0.2) is 27.1 Å². The van der Waals surface area contributed by atoms with Crippen molar-refractivity contribution in [2.45, 2.75) is 26.7 Å². The van der Waals surface area contributed by atoms with E-state index in [-0.39, 0.29) is 6.54 Å². The Bertz CT molecular complexity index is 894. The molecule has 2 rings (SSSR count). The lowest BCUT2D eigenvalue weighted by Crippen LogP contribution is -2.37. The molecule has 0 atom stereocenters. The number of rotatable bonds is 6. The molecule has 1 amide bonds. The SMILES string of the molecule is Cc1cc(N(CC(=O)Nc2ccc(C(C)C)cc2)S(C)(=O)=O)ccc1Br. The van der Waals surface area contributed by atoms with Gasteiger partial charge in [0.25, 0.3) is 0 Å². The zero-order chi connectivity index (χ0) is 19.5. The zero-order valence-corrected chi connectivity index (χ0v) is 17.7. The van der Waals surface area contributed by atoms with Gasteiger partial charge in [-0.1, -0.05) is 41.9 Å². The summed E-state index contributed by atoms with van der Waals surface area (Å²) in [6, 6.07) is 12.7. The standard InChI is InChI=1S/C19H23BrN2O3S/c1-13(2)15-5-7-16(8-6-15)21-19(23)12-22(26(4,24)25)17-9-10-18(20)14(3)11-17/h5-11,13H,12H2,1-4H3,(H,21,23). The maximum atomic E-state index is 12.4. The Kier molecular flexibility index (Phi) is 6.47. The zero-order valence-electron chi connectivity index (χ0n) is 15.3. The van der Waals surface area contributed by atoms with Gasteiger partial charge in [-0.3, -0.25) is 9.10 Å². The van der Waals surface area contributed by atoms with Crippen LogP contribution in [-0.2, 0) is 14.8 Å². The lowest BCUT2D eigenvalue weighted by atomic mass is 10.0. The number of amides is 1. The van der Waals surface area contributed by atoms with Crippen LogP contribution in [0.4, 0.5) is 11.4 Å². The van der Waals surface area contributed by atoms with Gasteiger partial charge >= 0.3 is 0 Å². The Balaban J connectivity index is 2.17. The molecule has 2 aromatic rings. The molecule has 0 radical (unpaired) electrons. The number of sulfonamides is 1. The van der Waals surface area contributed by atoms with E-state index >= 15 is 0 Å². The summed E-state index contributed by atoms with van der Waals surface area (Å²) in [5.74, 6) is 0.00872. The van der Waals surface area contributed by atoms with Gasteiger partial charge in [-0.05, 0) is 54.3 Å². The summed E-state index contributed by atoms with van der Waals surface area (Å²) < 4.78 is 26.3. The molecule has 5 nitrogen and oxygen atoms in total. The van der Waals surface area contributed by atoms with Gasteiger partial charge in [-0.15, -0.1) is 0 Å². The normalized spacial score (nSPS) is 11.5. The molecule has 0 fully saturated rings. The Morgan fingerprint density at radius 2 is 1.77 bits per heavy atom. The van der Waals surface area contributed by atoms with Gasteiger partial charge in [0.2, 0.25) is 15.9 Å². The van der Waals surface area contributed by atoms with E-state index in [2.05, 4.69) is 35.1 Å². The molecule has 0 bridgehead atoms. The Labute approximate surface area is 163 Å². The number of nitrogens with zero attached hydrogens (tertiary/aromatic N) is 1. The number of halogens is 1. The number of benzene rings is 2. The summed E-state index contributed by atoms with van der Waals surface area (Å²) in [6.45, 7) is 5.77. The van der Waals surface area contributed by atoms with Gasteiger partial charge in [0.15, 0.2) is 0 Å². The summed E-state index contributed by atoms with van der Waals surface area (Å²) in [4.78, 5) is 12.4. The van der Waals surface area contributed by atoms with Gasteiger partial charge < -0.3 is 5.32 Å². The second-order valence-electron chi connectivity index (χ2n) is 6.53. The molecule has 0 aliphatic heterocycles. The molecule has 26 heavy (non-hydrogen) atoms. The summed E-state index contributed by atoms with van der Waals surface area (Å²) in [6.07, 6.45) is 1.09. The summed E-state index contributed by atoms with van der Waals surface area (Å²) in [7, 11) is -3.60. The molecule has 0 saturated carbocycles. The highest BCUT2D eigenvalue weighted by Crippen LogP contribution is 2.24. The minimum absolute atomic E-state index is 0.286. The minimum Gasteiger partial charge on any atom is -0.325 e. The number of anilines is 2. The van der Waals surface area contributed by atoms with Crippen molar-refractivity contribution in [1.29, 1.82) is 0 Å². The van der Waals surface area contributed by atoms with E-state index in [4.69, 9.17) is 0 Å². The van der Waals surface area contributed by atoms with Crippen LogP contribution in [0.2, 0.25) is 0 Å². The topological polar surface area (TPSA) is 66.5 Å². The number of hydrogen-bond acceptors (Lipinski definition) is 3. The molecule has 0 spiro atoms. The van der Waals surface area contributed by atoms with Crippen molar-refractivity contribution in [3.63, 3.8) is 0 Å². The molecule has 0 aliphatic carbocycles.